The van der Waals surface area contributed by atoms with Gasteiger partial charge in [-0.25, -0.2) is 0 Å². The van der Waals surface area contributed by atoms with E-state index >= 15 is 0 Å². The molecule has 0 fully saturated rings. The maximum atomic E-state index is 12.8. The summed E-state index contributed by atoms with van der Waals surface area (Å²) in [4.78, 5) is 0. The molecule has 22 heavy (non-hydrogen) atoms. The topological polar surface area (TPSA) is 0 Å². The Morgan fingerprint density at radius 2 is 1.32 bits per heavy atom. The summed E-state index contributed by atoms with van der Waals surface area (Å²) in [6.45, 7) is 0. The fourth-order valence-electron chi connectivity index (χ4n) is 1.97. The van der Waals surface area contributed by atoms with E-state index in [-0.39, 0.29) is 22.6 Å². The first-order valence-corrected chi connectivity index (χ1v) is 6.59. The van der Waals surface area contributed by atoms with Crippen LogP contribution in [-0.4, -0.2) is 0 Å². The van der Waals surface area contributed by atoms with Crippen LogP contribution < -0.4 is 0 Å². The Kier molecular flexibility index (Phi) is 4.42. The third-order valence-corrected chi connectivity index (χ3v) is 3.31. The molecule has 0 saturated carbocycles. The third kappa shape index (κ3) is 3.74. The van der Waals surface area contributed by atoms with Gasteiger partial charge in [0.1, 0.15) is 0 Å². The molecule has 7 heteroatoms. The summed E-state index contributed by atoms with van der Waals surface area (Å²) in [5.41, 5.74) is -1.60. The first-order chi connectivity index (χ1) is 10.1. The van der Waals surface area contributed by atoms with E-state index in [0.717, 1.165) is 30.3 Å². The van der Waals surface area contributed by atoms with Gasteiger partial charge in [0.2, 0.25) is 0 Å². The van der Waals surface area contributed by atoms with Crippen LogP contribution in [0.1, 0.15) is 16.7 Å². The Morgan fingerprint density at radius 3 is 1.86 bits per heavy atom. The van der Waals surface area contributed by atoms with Crippen molar-refractivity contribution < 1.29 is 26.3 Å². The number of hydrogen-bond acceptors (Lipinski definition) is 0. The Morgan fingerprint density at radius 1 is 0.727 bits per heavy atom. The van der Waals surface area contributed by atoms with Crippen molar-refractivity contribution in [2.75, 3.05) is 0 Å². The molecule has 2 rings (SSSR count). The van der Waals surface area contributed by atoms with E-state index in [1.165, 1.54) is 12.1 Å². The highest BCUT2D eigenvalue weighted by atomic mass is 35.5. The van der Waals surface area contributed by atoms with E-state index in [1.807, 2.05) is 0 Å². The molecule has 0 bridgehead atoms. The molecule has 118 valence electrons. The Hall–Kier alpha value is -1.69. The Bertz CT molecular complexity index is 672. The molecule has 0 radical (unpaired) electrons. The summed E-state index contributed by atoms with van der Waals surface area (Å²) in [6, 6.07) is 7.18. The van der Waals surface area contributed by atoms with E-state index in [0.29, 0.717) is 0 Å². The van der Waals surface area contributed by atoms with Crippen LogP contribution in [-0.2, 0) is 18.2 Å². The van der Waals surface area contributed by atoms with Gasteiger partial charge in [-0.2, -0.15) is 26.3 Å². The monoisotopic (exact) mass is 338 g/mol. The molecule has 0 heterocycles. The molecule has 0 unspecified atom stereocenters. The molecule has 2 aromatic carbocycles. The van der Waals surface area contributed by atoms with Gasteiger partial charge in [0.25, 0.3) is 0 Å². The predicted octanol–water partition coefficient (Wildman–Crippen LogP) is 6.13. The number of hydrogen-bond donors (Lipinski definition) is 0. The first-order valence-electron chi connectivity index (χ1n) is 6.06. The average Bonchev–Trinajstić information content (AvgIpc) is 2.45. The smallest absolute Gasteiger partial charge is 0.166 e. The lowest BCUT2D eigenvalue weighted by molar-refractivity contribution is -0.138. The van der Waals surface area contributed by atoms with Crippen molar-refractivity contribution in [3.8, 4) is 11.1 Å². The quantitative estimate of drug-likeness (QED) is 0.456. The summed E-state index contributed by atoms with van der Waals surface area (Å²) in [5, 5.41) is 0. The number of halogens is 7. The highest BCUT2D eigenvalue weighted by molar-refractivity contribution is 6.17. The van der Waals surface area contributed by atoms with E-state index < -0.39 is 23.5 Å². The number of benzene rings is 2. The maximum Gasteiger partial charge on any atom is 0.416 e. The van der Waals surface area contributed by atoms with E-state index in [2.05, 4.69) is 0 Å². The molecule has 0 aliphatic carbocycles. The van der Waals surface area contributed by atoms with Crippen LogP contribution in [0, 0.1) is 0 Å². The molecule has 2 aromatic rings. The third-order valence-electron chi connectivity index (χ3n) is 3.00. The lowest BCUT2D eigenvalue weighted by Crippen LogP contribution is -2.06. The Balaban J connectivity index is 2.57. The van der Waals surface area contributed by atoms with Crippen molar-refractivity contribution in [2.24, 2.45) is 0 Å². The van der Waals surface area contributed by atoms with Crippen LogP contribution in [0.15, 0.2) is 42.5 Å². The molecular formula is C15H9ClF6. The molecule has 0 amide bonds. The van der Waals surface area contributed by atoms with Crippen molar-refractivity contribution in [3.05, 3.63) is 59.2 Å². The molecule has 0 nitrogen and oxygen atoms in total. The van der Waals surface area contributed by atoms with Gasteiger partial charge in [-0.3, -0.25) is 0 Å². The molecule has 0 atom stereocenters. The summed E-state index contributed by atoms with van der Waals surface area (Å²) < 4.78 is 76.6. The summed E-state index contributed by atoms with van der Waals surface area (Å²) in [6.07, 6.45) is -9.16. The second-order valence-electron chi connectivity index (χ2n) is 4.63. The fraction of sp³-hybridized carbons (Fsp3) is 0.200. The fourth-order valence-corrected chi connectivity index (χ4v) is 2.13. The van der Waals surface area contributed by atoms with Crippen LogP contribution in [0.3, 0.4) is 0 Å². The van der Waals surface area contributed by atoms with Crippen molar-refractivity contribution in [2.45, 2.75) is 18.2 Å². The van der Waals surface area contributed by atoms with E-state index in [9.17, 15) is 26.3 Å². The molecule has 0 aromatic heterocycles. The zero-order valence-corrected chi connectivity index (χ0v) is 11.7. The van der Waals surface area contributed by atoms with Gasteiger partial charge in [0, 0.05) is 5.88 Å². The van der Waals surface area contributed by atoms with Crippen molar-refractivity contribution >= 4 is 11.6 Å². The number of alkyl halides is 7. The zero-order chi connectivity index (χ0) is 16.5. The van der Waals surface area contributed by atoms with Gasteiger partial charge in [-0.15, -0.1) is 11.6 Å². The summed E-state index contributed by atoms with van der Waals surface area (Å²) >= 11 is 5.56. The van der Waals surface area contributed by atoms with E-state index in [4.69, 9.17) is 11.6 Å². The average molecular weight is 339 g/mol. The van der Waals surface area contributed by atoms with Gasteiger partial charge in [0.05, 0.1) is 11.1 Å². The van der Waals surface area contributed by atoms with Crippen LogP contribution >= 0.6 is 11.6 Å². The molecule has 0 aliphatic rings. The van der Waals surface area contributed by atoms with Gasteiger partial charge in [-0.05, 0) is 47.0 Å². The minimum Gasteiger partial charge on any atom is -0.166 e. The zero-order valence-electron chi connectivity index (χ0n) is 10.9. The molecule has 0 aliphatic heterocycles. The molecule has 0 spiro atoms. The first kappa shape index (κ1) is 16.7. The standard InChI is InChI=1S/C15H9ClF6/c16-8-9-4-11(7-13(5-9)15(20,21)22)10-2-1-3-12(6-10)14(17,18)19/h1-7H,8H2. The minimum atomic E-state index is -4.60. The van der Waals surface area contributed by atoms with Crippen LogP contribution in [0.2, 0.25) is 0 Å². The van der Waals surface area contributed by atoms with Crippen LogP contribution in [0.5, 0.6) is 0 Å². The second kappa shape index (κ2) is 5.83. The highest BCUT2D eigenvalue weighted by Gasteiger charge is 2.32. The second-order valence-corrected chi connectivity index (χ2v) is 4.90. The van der Waals surface area contributed by atoms with Crippen molar-refractivity contribution in [1.29, 1.82) is 0 Å². The largest absolute Gasteiger partial charge is 0.416 e. The Labute approximate surface area is 127 Å². The van der Waals surface area contributed by atoms with Crippen molar-refractivity contribution in [3.63, 3.8) is 0 Å². The van der Waals surface area contributed by atoms with Gasteiger partial charge >= 0.3 is 12.4 Å². The summed E-state index contributed by atoms with van der Waals surface area (Å²) in [5.74, 6) is -0.171. The minimum absolute atomic E-state index is 0.0385. The lowest BCUT2D eigenvalue weighted by Gasteiger charge is -2.13. The lowest BCUT2D eigenvalue weighted by atomic mass is 9.98. The van der Waals surface area contributed by atoms with Gasteiger partial charge < -0.3 is 0 Å². The molecule has 0 N–H and O–H groups in total. The molecular weight excluding hydrogens is 330 g/mol. The van der Waals surface area contributed by atoms with Gasteiger partial charge in [-0.1, -0.05) is 12.1 Å². The highest BCUT2D eigenvalue weighted by Crippen LogP contribution is 2.36. The van der Waals surface area contributed by atoms with Crippen molar-refractivity contribution in [1.82, 2.24) is 0 Å². The van der Waals surface area contributed by atoms with Crippen LogP contribution in [0.4, 0.5) is 26.3 Å². The summed E-state index contributed by atoms with van der Waals surface area (Å²) in [7, 11) is 0. The molecule has 0 saturated heterocycles. The predicted molar refractivity (Wildman–Crippen MR) is 71.4 cm³/mol. The van der Waals surface area contributed by atoms with E-state index in [1.54, 1.807) is 0 Å². The van der Waals surface area contributed by atoms with Gasteiger partial charge in [0.15, 0.2) is 0 Å². The normalized spacial score (nSPS) is 12.5. The van der Waals surface area contributed by atoms with Crippen LogP contribution in [0.25, 0.3) is 11.1 Å². The maximum absolute atomic E-state index is 12.8. The SMILES string of the molecule is FC(F)(F)c1cccc(-c2cc(CCl)cc(C(F)(F)F)c2)c1. The number of rotatable bonds is 2.